The molecule has 1 aromatic heterocycles. The van der Waals surface area contributed by atoms with Gasteiger partial charge in [-0.15, -0.1) is 0 Å². The largest absolute Gasteiger partial charge is 0.481 e. The summed E-state index contributed by atoms with van der Waals surface area (Å²) in [5.41, 5.74) is -6.54. The first kappa shape index (κ1) is 34.4. The van der Waals surface area contributed by atoms with Crippen LogP contribution in [0.4, 0.5) is 0 Å². The molecular formula is C32H44O15. The first-order chi connectivity index (χ1) is 21.9. The molecule has 7 N–H and O–H groups in total. The highest BCUT2D eigenvalue weighted by atomic mass is 16.7. The summed E-state index contributed by atoms with van der Waals surface area (Å²) in [6.07, 6.45) is -9.95. The van der Waals surface area contributed by atoms with Gasteiger partial charge in [-0.3, -0.25) is 9.59 Å². The van der Waals surface area contributed by atoms with Crippen molar-refractivity contribution in [2.24, 2.45) is 28.1 Å². The van der Waals surface area contributed by atoms with E-state index < -0.39 is 113 Å². The fraction of sp³-hybridized carbons (Fsp3) is 0.781. The molecule has 3 saturated heterocycles. The predicted octanol–water partition coefficient (Wildman–Crippen LogP) is 0.00180. The van der Waals surface area contributed by atoms with Gasteiger partial charge in [0.1, 0.15) is 35.8 Å². The Morgan fingerprint density at radius 3 is 2.34 bits per heavy atom. The van der Waals surface area contributed by atoms with Crippen molar-refractivity contribution in [3.8, 4) is 0 Å². The summed E-state index contributed by atoms with van der Waals surface area (Å²) in [5, 5.41) is 73.4. The monoisotopic (exact) mass is 668 g/mol. The van der Waals surface area contributed by atoms with Gasteiger partial charge in [0.05, 0.1) is 55.4 Å². The second kappa shape index (κ2) is 11.3. The SMILES string of the molecule is CC1(C)OC[C@]2([C@H](O)CC(=O)O)[C@H]3CC[C@@](C)([C@@H](O[C@@H]4O[C@H](CO)[C@@H](O)[C@H](O)[C@H]4O)c4ccoc4)[C@@]4(O[C@@H]4C(=O)O)[C@]3(C)C(=O)C[C@@H]12. The van der Waals surface area contributed by atoms with Crippen LogP contribution >= 0.6 is 0 Å². The van der Waals surface area contributed by atoms with Crippen LogP contribution in [0.2, 0.25) is 0 Å². The Balaban J connectivity index is 1.49. The molecule has 3 aliphatic heterocycles. The van der Waals surface area contributed by atoms with Gasteiger partial charge < -0.3 is 59.1 Å². The molecule has 0 aromatic carbocycles. The molecule has 0 bridgehead atoms. The lowest BCUT2D eigenvalue weighted by Crippen LogP contribution is -2.71. The Labute approximate surface area is 270 Å². The number of rotatable bonds is 9. The molecule has 262 valence electrons. The van der Waals surface area contributed by atoms with E-state index in [0.29, 0.717) is 5.56 Å². The Kier molecular flexibility index (Phi) is 8.26. The van der Waals surface area contributed by atoms with Crippen molar-refractivity contribution in [2.45, 2.75) is 114 Å². The zero-order valence-electron chi connectivity index (χ0n) is 26.6. The smallest absolute Gasteiger partial charge is 0.335 e. The van der Waals surface area contributed by atoms with Gasteiger partial charge >= 0.3 is 11.9 Å². The molecular weight excluding hydrogens is 624 g/mol. The number of carboxylic acid groups (broad SMARTS) is 2. The first-order valence-electron chi connectivity index (χ1n) is 15.9. The number of hydrogen-bond donors (Lipinski definition) is 7. The number of aliphatic hydroxyl groups excluding tert-OH is 5. The first-order valence-corrected chi connectivity index (χ1v) is 15.9. The third-order valence-corrected chi connectivity index (χ3v) is 12.4. The standard InChI is InChI=1S/C32H44O15/c1-28(2)17-9-18(34)30(4)16(31(17,13-44-28)19(35)10-20(36)37)5-7-29(3,32(30)25(47-32)26(41)42)24(14-6-8-43-12-14)46-27-23(40)22(39)21(38)15(11-33)45-27/h6,8,12,15-17,19,21-25,27,33,35,38-40H,5,7,9-11,13H2,1-4H3,(H,36,37)(H,41,42)/t15-,16+,17+,19-,21-,22+,23-,24+,25-,27+,29+,30+,31+,32-/m1/s1. The molecule has 2 saturated carbocycles. The number of carbonyl (C=O) groups excluding carboxylic acids is 1. The zero-order valence-corrected chi connectivity index (χ0v) is 26.6. The third-order valence-electron chi connectivity index (χ3n) is 12.4. The minimum atomic E-state index is -1.78. The molecule has 15 heteroatoms. The lowest BCUT2D eigenvalue weighted by atomic mass is 9.37. The Hall–Kier alpha value is -2.47. The second-order valence-electron chi connectivity index (χ2n) is 14.9. The highest BCUT2D eigenvalue weighted by Gasteiger charge is 2.87. The average molecular weight is 669 g/mol. The molecule has 0 amide bonds. The van der Waals surface area contributed by atoms with E-state index in [9.17, 15) is 50.1 Å². The van der Waals surface area contributed by atoms with Crippen LogP contribution in [0.1, 0.15) is 65.0 Å². The minimum absolute atomic E-state index is 0.0519. The van der Waals surface area contributed by atoms with E-state index in [0.717, 1.165) is 0 Å². The Bertz CT molecular complexity index is 1390. The average Bonchev–Trinajstić information content (AvgIpc) is 3.45. The molecule has 1 spiro atoms. The van der Waals surface area contributed by atoms with Crippen molar-refractivity contribution >= 4 is 17.7 Å². The molecule has 2 aliphatic carbocycles. The topological polar surface area (TPSA) is 246 Å². The van der Waals surface area contributed by atoms with E-state index in [2.05, 4.69) is 0 Å². The maximum absolute atomic E-state index is 14.7. The van der Waals surface area contributed by atoms with Gasteiger partial charge in [0.15, 0.2) is 12.4 Å². The van der Waals surface area contributed by atoms with Crippen molar-refractivity contribution < 1.29 is 73.5 Å². The van der Waals surface area contributed by atoms with Crippen LogP contribution in [0.5, 0.6) is 0 Å². The highest BCUT2D eigenvalue weighted by Crippen LogP contribution is 2.78. The summed E-state index contributed by atoms with van der Waals surface area (Å²) < 4.78 is 29.9. The summed E-state index contributed by atoms with van der Waals surface area (Å²) in [6.45, 7) is 6.15. The molecule has 47 heavy (non-hydrogen) atoms. The van der Waals surface area contributed by atoms with Crippen molar-refractivity contribution in [2.75, 3.05) is 13.2 Å². The number of ether oxygens (including phenoxy) is 4. The van der Waals surface area contributed by atoms with Crippen LogP contribution in [-0.4, -0.2) is 121 Å². The number of Topliss-reactive ketones (excluding diaryl/α,β-unsaturated/α-hetero) is 1. The molecule has 14 atom stereocenters. The summed E-state index contributed by atoms with van der Waals surface area (Å²) in [6, 6.07) is 1.56. The molecule has 5 fully saturated rings. The van der Waals surface area contributed by atoms with Crippen LogP contribution in [-0.2, 0) is 33.3 Å². The van der Waals surface area contributed by atoms with Gasteiger partial charge in [-0.25, -0.2) is 4.79 Å². The Morgan fingerprint density at radius 1 is 1.06 bits per heavy atom. The summed E-state index contributed by atoms with van der Waals surface area (Å²) in [7, 11) is 0. The van der Waals surface area contributed by atoms with Crippen molar-refractivity contribution in [3.63, 3.8) is 0 Å². The number of aliphatic hydroxyl groups is 5. The molecule has 0 unspecified atom stereocenters. The predicted molar refractivity (Wildman–Crippen MR) is 154 cm³/mol. The molecule has 0 radical (unpaired) electrons. The number of epoxide rings is 1. The van der Waals surface area contributed by atoms with E-state index in [4.69, 9.17) is 23.4 Å². The molecule has 1 aromatic rings. The second-order valence-corrected chi connectivity index (χ2v) is 14.9. The number of ketones is 1. The van der Waals surface area contributed by atoms with Crippen LogP contribution in [0.15, 0.2) is 23.0 Å². The highest BCUT2D eigenvalue weighted by molar-refractivity contribution is 5.92. The maximum atomic E-state index is 14.7. The lowest BCUT2D eigenvalue weighted by molar-refractivity contribution is -0.328. The van der Waals surface area contributed by atoms with E-state index in [1.165, 1.54) is 12.5 Å². The van der Waals surface area contributed by atoms with Crippen LogP contribution in [0.3, 0.4) is 0 Å². The fourth-order valence-electron chi connectivity index (χ4n) is 10.1. The van der Waals surface area contributed by atoms with Gasteiger partial charge in [0, 0.05) is 28.7 Å². The van der Waals surface area contributed by atoms with E-state index in [1.807, 2.05) is 0 Å². The van der Waals surface area contributed by atoms with Gasteiger partial charge in [-0.2, -0.15) is 0 Å². The van der Waals surface area contributed by atoms with E-state index >= 15 is 0 Å². The van der Waals surface area contributed by atoms with Gasteiger partial charge in [0.25, 0.3) is 0 Å². The van der Waals surface area contributed by atoms with Crippen molar-refractivity contribution in [3.05, 3.63) is 24.2 Å². The van der Waals surface area contributed by atoms with Crippen LogP contribution in [0, 0.1) is 28.1 Å². The van der Waals surface area contributed by atoms with E-state index in [1.54, 1.807) is 33.8 Å². The number of carbonyl (C=O) groups is 3. The Morgan fingerprint density at radius 2 is 1.77 bits per heavy atom. The van der Waals surface area contributed by atoms with Gasteiger partial charge in [0.2, 0.25) is 0 Å². The van der Waals surface area contributed by atoms with Gasteiger partial charge in [-0.05, 0) is 45.6 Å². The summed E-state index contributed by atoms with van der Waals surface area (Å²) in [5.74, 6) is -4.24. The number of carboxylic acids is 2. The molecule has 15 nitrogen and oxygen atoms in total. The minimum Gasteiger partial charge on any atom is -0.481 e. The quantitative estimate of drug-likeness (QED) is 0.171. The fourth-order valence-corrected chi connectivity index (χ4v) is 10.1. The number of fused-ring (bicyclic) bond motifs is 4. The molecule has 5 aliphatic rings. The van der Waals surface area contributed by atoms with Crippen LogP contribution in [0.25, 0.3) is 0 Å². The number of furan rings is 1. The maximum Gasteiger partial charge on any atom is 0.335 e. The van der Waals surface area contributed by atoms with Crippen LogP contribution < -0.4 is 0 Å². The molecule has 6 rings (SSSR count). The number of hydrogen-bond acceptors (Lipinski definition) is 13. The van der Waals surface area contributed by atoms with Crippen molar-refractivity contribution in [1.29, 1.82) is 0 Å². The molecule has 4 heterocycles. The van der Waals surface area contributed by atoms with E-state index in [-0.39, 0.29) is 31.7 Å². The normalized spacial score (nSPS) is 46.8. The summed E-state index contributed by atoms with van der Waals surface area (Å²) in [4.78, 5) is 39.4. The lowest BCUT2D eigenvalue weighted by Gasteiger charge is -2.64. The van der Waals surface area contributed by atoms with Gasteiger partial charge in [-0.1, -0.05) is 6.92 Å². The summed E-state index contributed by atoms with van der Waals surface area (Å²) >= 11 is 0. The van der Waals surface area contributed by atoms with Crippen molar-refractivity contribution in [1.82, 2.24) is 0 Å². The zero-order chi connectivity index (χ0) is 34.5. The third kappa shape index (κ3) is 4.54. The number of aliphatic carboxylic acids is 2.